The molecular formula is C27H31N3O2. The zero-order chi connectivity index (χ0) is 22.2. The van der Waals surface area contributed by atoms with Gasteiger partial charge in [-0.3, -0.25) is 9.59 Å². The number of fused-ring (bicyclic) bond motifs is 4. The van der Waals surface area contributed by atoms with Gasteiger partial charge in [-0.05, 0) is 30.5 Å². The first-order valence-electron chi connectivity index (χ1n) is 11.8. The molecule has 2 amide bonds. The van der Waals surface area contributed by atoms with Gasteiger partial charge >= 0.3 is 0 Å². The maximum absolute atomic E-state index is 13.6. The zero-order valence-electron chi connectivity index (χ0n) is 18.9. The lowest BCUT2D eigenvalue weighted by atomic mass is 9.86. The molecule has 3 aromatic rings. The highest BCUT2D eigenvalue weighted by Gasteiger charge is 2.47. The summed E-state index contributed by atoms with van der Waals surface area (Å²) in [6, 6.07) is 15.9. The number of H-pyrrole nitrogens is 1. The van der Waals surface area contributed by atoms with E-state index in [1.165, 1.54) is 17.5 Å². The lowest BCUT2D eigenvalue weighted by Crippen LogP contribution is -2.63. The maximum Gasteiger partial charge on any atom is 0.246 e. The monoisotopic (exact) mass is 429 g/mol. The minimum absolute atomic E-state index is 0.0416. The summed E-state index contributed by atoms with van der Waals surface area (Å²) in [6.45, 7) is 5.09. The van der Waals surface area contributed by atoms with E-state index in [0.717, 1.165) is 41.4 Å². The van der Waals surface area contributed by atoms with E-state index < -0.39 is 6.04 Å². The third-order valence-electron chi connectivity index (χ3n) is 7.02. The molecule has 5 rings (SSSR count). The molecule has 0 spiro atoms. The van der Waals surface area contributed by atoms with Crippen LogP contribution in [-0.4, -0.2) is 45.7 Å². The van der Waals surface area contributed by atoms with E-state index in [1.807, 2.05) is 17.0 Å². The minimum atomic E-state index is -0.444. The van der Waals surface area contributed by atoms with Gasteiger partial charge < -0.3 is 14.8 Å². The number of nitrogens with zero attached hydrogens (tertiary/aromatic N) is 2. The third kappa shape index (κ3) is 3.50. The fourth-order valence-electron chi connectivity index (χ4n) is 5.34. The molecular weight excluding hydrogens is 398 g/mol. The maximum atomic E-state index is 13.6. The average Bonchev–Trinajstić information content (AvgIpc) is 3.17. The molecule has 0 bridgehead atoms. The summed E-state index contributed by atoms with van der Waals surface area (Å²) in [5.74, 6) is 0.133. The van der Waals surface area contributed by atoms with E-state index in [2.05, 4.69) is 55.2 Å². The van der Waals surface area contributed by atoms with Crippen molar-refractivity contribution in [3.63, 3.8) is 0 Å². The van der Waals surface area contributed by atoms with Crippen molar-refractivity contribution in [2.45, 2.75) is 58.0 Å². The Morgan fingerprint density at radius 3 is 2.56 bits per heavy atom. The van der Waals surface area contributed by atoms with Gasteiger partial charge in [0, 0.05) is 29.6 Å². The van der Waals surface area contributed by atoms with Crippen molar-refractivity contribution < 1.29 is 9.59 Å². The fraction of sp³-hybridized carbons (Fsp3) is 0.407. The van der Waals surface area contributed by atoms with Crippen molar-refractivity contribution >= 4 is 22.7 Å². The number of benzene rings is 2. The largest absolute Gasteiger partial charge is 0.356 e. The summed E-state index contributed by atoms with van der Waals surface area (Å²) in [6.07, 6.45) is 4.95. The molecule has 1 N–H and O–H groups in total. The molecule has 5 heteroatoms. The number of aromatic amines is 1. The average molecular weight is 430 g/mol. The Balaban J connectivity index is 1.56. The number of carbonyl (C=O) groups is 2. The Morgan fingerprint density at radius 2 is 1.78 bits per heavy atom. The molecule has 32 heavy (non-hydrogen) atoms. The van der Waals surface area contributed by atoms with Crippen LogP contribution in [0, 0.1) is 6.92 Å². The number of unbranched alkanes of at least 4 members (excludes halogenated alkanes) is 3. The topological polar surface area (TPSA) is 56.4 Å². The predicted octanol–water partition coefficient (Wildman–Crippen LogP) is 4.74. The summed E-state index contributed by atoms with van der Waals surface area (Å²) in [5, 5.41) is 1.15. The van der Waals surface area contributed by atoms with Crippen LogP contribution in [0.15, 0.2) is 48.5 Å². The quantitative estimate of drug-likeness (QED) is 0.576. The van der Waals surface area contributed by atoms with Gasteiger partial charge in [0.05, 0.1) is 12.6 Å². The smallest absolute Gasteiger partial charge is 0.246 e. The van der Waals surface area contributed by atoms with Crippen molar-refractivity contribution in [3.8, 4) is 0 Å². The zero-order valence-corrected chi connectivity index (χ0v) is 18.9. The molecule has 1 aromatic heterocycles. The van der Waals surface area contributed by atoms with Gasteiger partial charge in [0.1, 0.15) is 6.04 Å². The molecule has 2 aromatic carbocycles. The molecule has 2 atom stereocenters. The van der Waals surface area contributed by atoms with Crippen molar-refractivity contribution in [1.29, 1.82) is 0 Å². The number of hydrogen-bond acceptors (Lipinski definition) is 2. The van der Waals surface area contributed by atoms with Crippen molar-refractivity contribution in [3.05, 3.63) is 70.9 Å². The summed E-state index contributed by atoms with van der Waals surface area (Å²) < 4.78 is 0. The van der Waals surface area contributed by atoms with Gasteiger partial charge in [-0.15, -0.1) is 0 Å². The van der Waals surface area contributed by atoms with Gasteiger partial charge in [-0.2, -0.15) is 0 Å². The van der Waals surface area contributed by atoms with Crippen LogP contribution in [0.3, 0.4) is 0 Å². The molecule has 166 valence electrons. The number of nitrogens with one attached hydrogen (secondary N) is 1. The SMILES string of the molecule is CCCCCCN1CC(=O)N2C(Cc3c([nH]c4ccccc34)C2c2ccc(C)cc2)C1=O. The molecule has 2 aliphatic heterocycles. The molecule has 0 aliphatic carbocycles. The number of amides is 2. The number of hydrogen-bond donors (Lipinski definition) is 1. The number of aryl methyl sites for hydroxylation is 1. The van der Waals surface area contributed by atoms with E-state index in [-0.39, 0.29) is 24.4 Å². The van der Waals surface area contributed by atoms with Gasteiger partial charge in [0.15, 0.2) is 0 Å². The van der Waals surface area contributed by atoms with Crippen molar-refractivity contribution in [2.24, 2.45) is 0 Å². The van der Waals surface area contributed by atoms with Gasteiger partial charge in [0.2, 0.25) is 11.8 Å². The first-order chi connectivity index (χ1) is 15.6. The highest BCUT2D eigenvalue weighted by molar-refractivity contribution is 5.97. The Labute approximate surface area is 189 Å². The Kier molecular flexibility index (Phi) is 5.50. The second kappa shape index (κ2) is 8.45. The first-order valence-corrected chi connectivity index (χ1v) is 11.8. The summed E-state index contributed by atoms with van der Waals surface area (Å²) in [4.78, 5) is 34.3. The second-order valence-corrected chi connectivity index (χ2v) is 9.22. The normalized spacial score (nSPS) is 20.6. The van der Waals surface area contributed by atoms with Crippen LogP contribution >= 0.6 is 0 Å². The molecule has 3 heterocycles. The Bertz CT molecular complexity index is 1150. The molecule has 0 saturated carbocycles. The summed E-state index contributed by atoms with van der Waals surface area (Å²) >= 11 is 0. The van der Waals surface area contributed by atoms with Crippen LogP contribution in [0.5, 0.6) is 0 Å². The molecule has 1 fully saturated rings. The number of para-hydroxylation sites is 1. The second-order valence-electron chi connectivity index (χ2n) is 9.22. The van der Waals surface area contributed by atoms with Crippen LogP contribution < -0.4 is 0 Å². The van der Waals surface area contributed by atoms with E-state index in [1.54, 1.807) is 4.90 Å². The minimum Gasteiger partial charge on any atom is -0.356 e. The number of rotatable bonds is 6. The lowest BCUT2D eigenvalue weighted by Gasteiger charge is -2.47. The predicted molar refractivity (Wildman–Crippen MR) is 126 cm³/mol. The number of piperazine rings is 1. The fourth-order valence-corrected chi connectivity index (χ4v) is 5.34. The van der Waals surface area contributed by atoms with Crippen LogP contribution in [0.25, 0.3) is 10.9 Å². The first kappa shape index (κ1) is 20.8. The van der Waals surface area contributed by atoms with Crippen LogP contribution in [0.1, 0.15) is 61.0 Å². The summed E-state index contributed by atoms with van der Waals surface area (Å²) in [7, 11) is 0. The number of carbonyl (C=O) groups excluding carboxylic acids is 2. The van der Waals surface area contributed by atoms with Gasteiger partial charge in [0.25, 0.3) is 0 Å². The standard InChI is InChI=1S/C27H31N3O2/c1-3-4-5-8-15-29-17-24(31)30-23(27(29)32)16-21-20-9-6-7-10-22(20)28-25(21)26(30)19-13-11-18(2)12-14-19/h6-7,9-14,23,26,28H,3-5,8,15-17H2,1-2H3. The van der Waals surface area contributed by atoms with Crippen LogP contribution in [-0.2, 0) is 16.0 Å². The number of aromatic nitrogens is 1. The van der Waals surface area contributed by atoms with Crippen molar-refractivity contribution in [2.75, 3.05) is 13.1 Å². The highest BCUT2D eigenvalue weighted by Crippen LogP contribution is 2.42. The van der Waals surface area contributed by atoms with E-state index in [0.29, 0.717) is 13.0 Å². The molecule has 1 saturated heterocycles. The molecule has 2 aliphatic rings. The highest BCUT2D eigenvalue weighted by atomic mass is 16.2. The molecule has 2 unspecified atom stereocenters. The Hall–Kier alpha value is -3.08. The molecule has 5 nitrogen and oxygen atoms in total. The van der Waals surface area contributed by atoms with E-state index in [4.69, 9.17) is 0 Å². The third-order valence-corrected chi connectivity index (χ3v) is 7.02. The van der Waals surface area contributed by atoms with Crippen molar-refractivity contribution in [1.82, 2.24) is 14.8 Å². The van der Waals surface area contributed by atoms with E-state index >= 15 is 0 Å². The van der Waals surface area contributed by atoms with E-state index in [9.17, 15) is 9.59 Å². The van der Waals surface area contributed by atoms with Gasteiger partial charge in [-0.25, -0.2) is 0 Å². The van der Waals surface area contributed by atoms with Crippen LogP contribution in [0.2, 0.25) is 0 Å². The van der Waals surface area contributed by atoms with Gasteiger partial charge in [-0.1, -0.05) is 74.2 Å². The summed E-state index contributed by atoms with van der Waals surface area (Å²) in [5.41, 5.74) is 5.50. The molecule has 0 radical (unpaired) electrons. The van der Waals surface area contributed by atoms with Crippen LogP contribution in [0.4, 0.5) is 0 Å². The lowest BCUT2D eigenvalue weighted by molar-refractivity contribution is -0.158. The Morgan fingerprint density at radius 1 is 1.00 bits per heavy atom.